The van der Waals surface area contributed by atoms with E-state index in [9.17, 15) is 4.79 Å². The van der Waals surface area contributed by atoms with E-state index in [4.69, 9.17) is 9.47 Å². The molecule has 126 valence electrons. The molecule has 0 amide bonds. The molecule has 1 aromatic rings. The maximum absolute atomic E-state index is 12.2. The second-order valence-electron chi connectivity index (χ2n) is 5.44. The van der Waals surface area contributed by atoms with Crippen molar-refractivity contribution in [3.63, 3.8) is 0 Å². The third-order valence-corrected chi connectivity index (χ3v) is 3.84. The van der Waals surface area contributed by atoms with Crippen LogP contribution in [0.15, 0.2) is 33.8 Å². The fourth-order valence-electron chi connectivity index (χ4n) is 2.43. The van der Waals surface area contributed by atoms with Crippen LogP contribution >= 0.6 is 15.9 Å². The van der Waals surface area contributed by atoms with Gasteiger partial charge in [0.05, 0.1) is 24.5 Å². The first-order chi connectivity index (χ1) is 11.0. The number of ether oxygens (including phenoxy) is 2. The lowest BCUT2D eigenvalue weighted by Crippen LogP contribution is -2.51. The molecule has 0 unspecified atom stereocenters. The average molecular weight is 384 g/mol. The number of anilines is 1. The van der Waals surface area contributed by atoms with E-state index in [1.165, 1.54) is 0 Å². The van der Waals surface area contributed by atoms with Crippen LogP contribution in [0.1, 0.15) is 20.8 Å². The minimum absolute atomic E-state index is 0.0334. The summed E-state index contributed by atoms with van der Waals surface area (Å²) in [6.45, 7) is 7.25. The molecular formula is C16H22BrN3O3. The number of hydrogen-bond donors (Lipinski definition) is 1. The maximum atomic E-state index is 12.2. The van der Waals surface area contributed by atoms with Crippen LogP contribution in [0.4, 0.5) is 5.69 Å². The van der Waals surface area contributed by atoms with Gasteiger partial charge in [0.2, 0.25) is 5.84 Å². The normalized spacial score (nSPS) is 21.9. The van der Waals surface area contributed by atoms with E-state index in [1.54, 1.807) is 6.92 Å². The Morgan fingerprint density at radius 1 is 1.35 bits per heavy atom. The zero-order chi connectivity index (χ0) is 16.8. The molecule has 1 N–H and O–H groups in total. The molecule has 1 heterocycles. The highest BCUT2D eigenvalue weighted by Gasteiger charge is 2.29. The monoisotopic (exact) mass is 383 g/mol. The van der Waals surface area contributed by atoms with E-state index in [0.717, 1.165) is 10.2 Å². The van der Waals surface area contributed by atoms with E-state index in [1.807, 2.05) is 43.0 Å². The molecule has 1 fully saturated rings. The van der Waals surface area contributed by atoms with Gasteiger partial charge in [-0.2, -0.15) is 0 Å². The summed E-state index contributed by atoms with van der Waals surface area (Å²) in [5, 5.41) is 4.28. The number of benzene rings is 1. The molecule has 0 bridgehead atoms. The van der Waals surface area contributed by atoms with E-state index in [2.05, 4.69) is 26.5 Å². The second kappa shape index (κ2) is 8.31. The third kappa shape index (κ3) is 5.21. The van der Waals surface area contributed by atoms with Gasteiger partial charge in [-0.1, -0.05) is 15.9 Å². The highest BCUT2D eigenvalue weighted by molar-refractivity contribution is 9.10. The molecule has 1 aliphatic heterocycles. The Kier molecular flexibility index (Phi) is 6.41. The summed E-state index contributed by atoms with van der Waals surface area (Å²) in [5.74, 6) is -0.157. The zero-order valence-electron chi connectivity index (χ0n) is 13.6. The second-order valence-corrected chi connectivity index (χ2v) is 6.35. The summed E-state index contributed by atoms with van der Waals surface area (Å²) in [7, 11) is 0. The van der Waals surface area contributed by atoms with Crippen LogP contribution in [-0.4, -0.2) is 48.6 Å². The van der Waals surface area contributed by atoms with Crippen LogP contribution in [0.5, 0.6) is 0 Å². The van der Waals surface area contributed by atoms with Gasteiger partial charge < -0.3 is 14.4 Å². The average Bonchev–Trinajstić information content (AvgIpc) is 2.48. The number of rotatable bonds is 3. The predicted octanol–water partition coefficient (Wildman–Crippen LogP) is 2.85. The highest BCUT2D eigenvalue weighted by Crippen LogP contribution is 2.15. The molecule has 0 spiro atoms. The van der Waals surface area contributed by atoms with Gasteiger partial charge in [0.15, 0.2) is 0 Å². The predicted molar refractivity (Wildman–Crippen MR) is 93.4 cm³/mol. The van der Waals surface area contributed by atoms with E-state index < -0.39 is 5.97 Å². The summed E-state index contributed by atoms with van der Waals surface area (Å²) in [5.41, 5.74) is 3.72. The Morgan fingerprint density at radius 3 is 2.52 bits per heavy atom. The molecule has 2 rings (SSSR count). The number of nitrogens with zero attached hydrogens (tertiary/aromatic N) is 2. The van der Waals surface area contributed by atoms with Crippen molar-refractivity contribution < 1.29 is 14.3 Å². The van der Waals surface area contributed by atoms with Crippen LogP contribution in [0.2, 0.25) is 0 Å². The van der Waals surface area contributed by atoms with Crippen LogP contribution in [0.25, 0.3) is 0 Å². The Balaban J connectivity index is 2.17. The number of hydrazone groups is 1. The summed E-state index contributed by atoms with van der Waals surface area (Å²) in [6, 6.07) is 7.56. The largest absolute Gasteiger partial charge is 0.460 e. The van der Waals surface area contributed by atoms with Crippen LogP contribution in [-0.2, 0) is 14.3 Å². The molecule has 0 saturated carbocycles. The minimum Gasteiger partial charge on any atom is -0.460 e. The lowest BCUT2D eigenvalue weighted by molar-refractivity contribution is -0.136. The Labute approximate surface area is 145 Å². The smallest absolute Gasteiger partial charge is 0.375 e. The van der Waals surface area contributed by atoms with Crippen molar-refractivity contribution in [3.8, 4) is 0 Å². The minimum atomic E-state index is -0.432. The number of carbonyl (C=O) groups excluding carboxylic acids is 1. The lowest BCUT2D eigenvalue weighted by atomic mass is 10.2. The number of amidine groups is 1. The fourth-order valence-corrected chi connectivity index (χ4v) is 2.70. The van der Waals surface area contributed by atoms with Gasteiger partial charge in [0.1, 0.15) is 0 Å². The fraction of sp³-hybridized carbons (Fsp3) is 0.500. The van der Waals surface area contributed by atoms with Gasteiger partial charge in [-0.05, 0) is 45.0 Å². The standard InChI is InChI=1S/C16H22BrN3O3/c1-4-22-16(21)15(20-9-11(2)23-12(3)10-20)19-18-14-7-5-13(17)6-8-14/h5-8,11-12,18H,4,9-10H2,1-3H3/b19-15-/t11-,12-/m0/s1. The molecule has 0 radical (unpaired) electrons. The Morgan fingerprint density at radius 2 is 1.96 bits per heavy atom. The number of esters is 1. The number of nitrogens with one attached hydrogen (secondary N) is 1. The molecule has 23 heavy (non-hydrogen) atoms. The van der Waals surface area contributed by atoms with Gasteiger partial charge in [0.25, 0.3) is 0 Å². The molecule has 1 aromatic carbocycles. The molecular weight excluding hydrogens is 362 g/mol. The molecule has 7 heteroatoms. The number of halogens is 1. The van der Waals surface area contributed by atoms with Crippen LogP contribution < -0.4 is 5.43 Å². The topological polar surface area (TPSA) is 63.2 Å². The van der Waals surface area contributed by atoms with Crippen molar-refractivity contribution in [2.45, 2.75) is 33.0 Å². The number of carbonyl (C=O) groups is 1. The molecule has 1 saturated heterocycles. The summed E-state index contributed by atoms with van der Waals surface area (Å²) >= 11 is 3.39. The number of morpholine rings is 1. The van der Waals surface area contributed by atoms with Gasteiger partial charge in [-0.25, -0.2) is 4.79 Å². The Bertz CT molecular complexity index is 552. The summed E-state index contributed by atoms with van der Waals surface area (Å²) in [4.78, 5) is 14.2. The molecule has 2 atom stereocenters. The van der Waals surface area contributed by atoms with Crippen molar-refractivity contribution in [1.29, 1.82) is 0 Å². The van der Waals surface area contributed by atoms with Gasteiger partial charge in [0, 0.05) is 17.6 Å². The lowest BCUT2D eigenvalue weighted by Gasteiger charge is -2.36. The van der Waals surface area contributed by atoms with Crippen LogP contribution in [0, 0.1) is 0 Å². The van der Waals surface area contributed by atoms with E-state index >= 15 is 0 Å². The highest BCUT2D eigenvalue weighted by atomic mass is 79.9. The SMILES string of the molecule is CCOC(=O)/C(=N/Nc1ccc(Br)cc1)N1C[C@H](C)O[C@@H](C)C1. The first-order valence-electron chi connectivity index (χ1n) is 7.66. The molecule has 6 nitrogen and oxygen atoms in total. The molecule has 1 aliphatic rings. The first kappa shape index (κ1) is 17.7. The first-order valence-corrected chi connectivity index (χ1v) is 8.45. The summed E-state index contributed by atoms with van der Waals surface area (Å²) in [6.07, 6.45) is 0.0668. The summed E-state index contributed by atoms with van der Waals surface area (Å²) < 4.78 is 11.8. The van der Waals surface area contributed by atoms with Crippen molar-refractivity contribution in [1.82, 2.24) is 4.90 Å². The number of hydrogen-bond acceptors (Lipinski definition) is 5. The van der Waals surface area contributed by atoms with Gasteiger partial charge >= 0.3 is 5.97 Å². The molecule has 0 aromatic heterocycles. The third-order valence-electron chi connectivity index (χ3n) is 3.31. The molecule has 0 aliphatic carbocycles. The van der Waals surface area contributed by atoms with Crippen molar-refractivity contribution in [2.75, 3.05) is 25.1 Å². The van der Waals surface area contributed by atoms with Crippen LogP contribution in [0.3, 0.4) is 0 Å². The van der Waals surface area contributed by atoms with Crippen molar-refractivity contribution >= 4 is 33.4 Å². The van der Waals surface area contributed by atoms with Crippen molar-refractivity contribution in [3.05, 3.63) is 28.7 Å². The van der Waals surface area contributed by atoms with E-state index in [0.29, 0.717) is 19.7 Å². The maximum Gasteiger partial charge on any atom is 0.375 e. The quantitative estimate of drug-likeness (QED) is 0.376. The van der Waals surface area contributed by atoms with Crippen molar-refractivity contribution in [2.24, 2.45) is 5.10 Å². The zero-order valence-corrected chi connectivity index (χ0v) is 15.2. The van der Waals surface area contributed by atoms with Gasteiger partial charge in [-0.3, -0.25) is 5.43 Å². The Hall–Kier alpha value is -1.60. The van der Waals surface area contributed by atoms with Gasteiger partial charge in [-0.15, -0.1) is 5.10 Å². The van der Waals surface area contributed by atoms with E-state index in [-0.39, 0.29) is 18.0 Å².